The van der Waals surface area contributed by atoms with Gasteiger partial charge in [0.15, 0.2) is 5.58 Å². The summed E-state index contributed by atoms with van der Waals surface area (Å²) in [6.45, 7) is 26.4. The molecule has 0 amide bonds. The van der Waals surface area contributed by atoms with Crippen molar-refractivity contribution in [3.05, 3.63) is 161 Å². The summed E-state index contributed by atoms with van der Waals surface area (Å²) in [5, 5.41) is 3.46. The summed E-state index contributed by atoms with van der Waals surface area (Å²) in [4.78, 5) is 5.05. The number of benzene rings is 7. The molecule has 5 heteroatoms. The van der Waals surface area contributed by atoms with E-state index in [4.69, 9.17) is 8.83 Å². The lowest BCUT2D eigenvalue weighted by Crippen LogP contribution is -2.61. The van der Waals surface area contributed by atoms with Gasteiger partial charge in [-0.3, -0.25) is 4.90 Å². The molecule has 0 radical (unpaired) electrons. The maximum absolute atomic E-state index is 7.63. The van der Waals surface area contributed by atoms with Crippen LogP contribution in [0.25, 0.3) is 44.0 Å². The minimum absolute atomic E-state index is 0.0157. The SMILES string of the molecule is CC(C)(C)c1ccc2c(c1)B1c3c(cc(-c4ccccc4)cc3N2c2cccc3c2oc2ccccc23)N(c2ccc3c(c2)C(C)(C)CCC3(C)C)c2oc3cc4c(cc3c21)C(C)(C)CCC4(C)C. The second-order valence-corrected chi connectivity index (χ2v) is 24.7. The van der Waals surface area contributed by atoms with Crippen molar-refractivity contribution < 1.29 is 8.83 Å². The van der Waals surface area contributed by atoms with Crippen LogP contribution in [0, 0.1) is 0 Å². The van der Waals surface area contributed by atoms with E-state index in [0.29, 0.717) is 0 Å². The third kappa shape index (κ3) is 6.14. The maximum Gasteiger partial charge on any atom is 0.257 e. The first-order valence-corrected chi connectivity index (χ1v) is 25.5. The van der Waals surface area contributed by atoms with Crippen LogP contribution in [0.1, 0.15) is 130 Å². The van der Waals surface area contributed by atoms with Gasteiger partial charge in [0.1, 0.15) is 11.2 Å². The molecule has 4 nitrogen and oxygen atoms in total. The minimum atomic E-state index is -0.124. The van der Waals surface area contributed by atoms with E-state index in [9.17, 15) is 0 Å². The van der Waals surface area contributed by atoms with Gasteiger partial charge < -0.3 is 13.7 Å². The van der Waals surface area contributed by atoms with E-state index in [2.05, 4.69) is 219 Å². The van der Waals surface area contributed by atoms with Crippen LogP contribution >= 0.6 is 0 Å². The average Bonchev–Trinajstić information content (AvgIpc) is 3.90. The number of rotatable bonds is 3. The van der Waals surface area contributed by atoms with E-state index >= 15 is 0 Å². The Morgan fingerprint density at radius 3 is 1.78 bits per heavy atom. The Morgan fingerprint density at radius 2 is 1.07 bits per heavy atom. The summed E-state index contributed by atoms with van der Waals surface area (Å²) >= 11 is 0. The second-order valence-electron chi connectivity index (χ2n) is 24.7. The molecule has 0 unspecified atom stereocenters. The Bertz CT molecular complexity index is 3630. The molecule has 2 aromatic heterocycles. The van der Waals surface area contributed by atoms with Crippen LogP contribution in [0.4, 0.5) is 34.3 Å². The molecule has 9 aromatic rings. The Morgan fingerprint density at radius 1 is 0.449 bits per heavy atom. The highest BCUT2D eigenvalue weighted by molar-refractivity contribution is 7.01. The molecule has 0 atom stereocenters. The monoisotopic (exact) mass is 902 g/mol. The van der Waals surface area contributed by atoms with E-state index in [0.717, 1.165) is 86.7 Å². The van der Waals surface area contributed by atoms with Gasteiger partial charge in [0, 0.05) is 44.4 Å². The molecule has 0 bridgehead atoms. The highest BCUT2D eigenvalue weighted by Gasteiger charge is 2.49. The molecule has 0 spiro atoms. The predicted molar refractivity (Wildman–Crippen MR) is 292 cm³/mol. The third-order valence-corrected chi connectivity index (χ3v) is 17.4. The highest BCUT2D eigenvalue weighted by Crippen LogP contribution is 2.54. The van der Waals surface area contributed by atoms with Crippen molar-refractivity contribution in [3.8, 4) is 11.1 Å². The Labute approximate surface area is 408 Å². The molecule has 4 aliphatic rings. The quantitative estimate of drug-likeness (QED) is 0.165. The average molecular weight is 903 g/mol. The molecule has 4 heterocycles. The molecule has 0 N–H and O–H groups in total. The van der Waals surface area contributed by atoms with Crippen molar-refractivity contribution >= 4 is 90.3 Å². The molecule has 344 valence electrons. The van der Waals surface area contributed by atoms with Gasteiger partial charge in [-0.2, -0.15) is 0 Å². The van der Waals surface area contributed by atoms with Crippen LogP contribution < -0.4 is 26.2 Å². The fourth-order valence-corrected chi connectivity index (χ4v) is 13.0. The van der Waals surface area contributed by atoms with Gasteiger partial charge in [-0.1, -0.05) is 155 Å². The topological polar surface area (TPSA) is 32.8 Å². The van der Waals surface area contributed by atoms with E-state index in [1.165, 1.54) is 61.6 Å². The molecule has 0 saturated heterocycles. The third-order valence-electron chi connectivity index (χ3n) is 17.4. The van der Waals surface area contributed by atoms with Crippen LogP contribution in [0.3, 0.4) is 0 Å². The van der Waals surface area contributed by atoms with Gasteiger partial charge in [-0.25, -0.2) is 0 Å². The zero-order chi connectivity index (χ0) is 47.7. The highest BCUT2D eigenvalue weighted by atomic mass is 16.4. The molecule has 13 rings (SSSR count). The summed E-state index contributed by atoms with van der Waals surface area (Å²) in [6, 6.07) is 50.6. The van der Waals surface area contributed by atoms with E-state index in [1.54, 1.807) is 0 Å². The first-order chi connectivity index (χ1) is 32.8. The second kappa shape index (κ2) is 14.1. The number of nitrogens with zero attached hydrogens (tertiary/aromatic N) is 2. The van der Waals surface area contributed by atoms with Gasteiger partial charge in [0.05, 0.1) is 5.69 Å². The Hall–Kier alpha value is -6.46. The predicted octanol–water partition coefficient (Wildman–Crippen LogP) is 16.1. The van der Waals surface area contributed by atoms with Crippen LogP contribution in [0.15, 0.2) is 142 Å². The zero-order valence-corrected chi connectivity index (χ0v) is 42.3. The lowest BCUT2D eigenvalue weighted by molar-refractivity contribution is 0.332. The van der Waals surface area contributed by atoms with Crippen molar-refractivity contribution in [1.29, 1.82) is 0 Å². The van der Waals surface area contributed by atoms with E-state index < -0.39 is 0 Å². The zero-order valence-electron chi connectivity index (χ0n) is 42.3. The Balaban J connectivity index is 1.20. The largest absolute Gasteiger partial charge is 0.454 e. The van der Waals surface area contributed by atoms with Crippen molar-refractivity contribution in [2.45, 2.75) is 129 Å². The van der Waals surface area contributed by atoms with Crippen molar-refractivity contribution in [3.63, 3.8) is 0 Å². The summed E-state index contributed by atoms with van der Waals surface area (Å²) < 4.78 is 14.6. The number of hydrogen-bond acceptors (Lipinski definition) is 4. The number of hydrogen-bond donors (Lipinski definition) is 0. The molecule has 2 aliphatic carbocycles. The van der Waals surface area contributed by atoms with E-state index in [1.807, 2.05) is 0 Å². The van der Waals surface area contributed by atoms with Crippen molar-refractivity contribution in [1.82, 2.24) is 0 Å². The lowest BCUT2D eigenvalue weighted by Gasteiger charge is -2.44. The van der Waals surface area contributed by atoms with Crippen LogP contribution in [0.2, 0.25) is 0 Å². The number of para-hydroxylation sites is 2. The molecular weight excluding hydrogens is 840 g/mol. The summed E-state index contributed by atoms with van der Waals surface area (Å²) in [5.41, 5.74) is 21.6. The molecule has 69 heavy (non-hydrogen) atoms. The number of furan rings is 2. The van der Waals surface area contributed by atoms with Gasteiger partial charge in [-0.05, 0) is 157 Å². The fraction of sp³-hybridized carbons (Fsp3) is 0.312. The maximum atomic E-state index is 7.63. The number of fused-ring (bicyclic) bond motifs is 11. The Kier molecular flexibility index (Phi) is 8.70. The van der Waals surface area contributed by atoms with Crippen LogP contribution in [-0.4, -0.2) is 6.71 Å². The molecular formula is C64H63BN2O2. The van der Waals surface area contributed by atoms with Crippen molar-refractivity contribution in [2.75, 3.05) is 9.80 Å². The van der Waals surface area contributed by atoms with Crippen LogP contribution in [0.5, 0.6) is 0 Å². The van der Waals surface area contributed by atoms with Gasteiger partial charge in [0.25, 0.3) is 6.71 Å². The standard InChI is InChI=1S/C64H63BN2O2/c1-60(2,3)40-24-27-50-49(34-40)65-56-44-36-47-48(64(10,11)31-30-63(47,8)9)37-55(44)69-59(56)66(41-25-26-45-46(35-41)62(6,7)29-28-61(45,4)5)52-32-39(38-18-13-12-14-19-38)33-53(57(52)65)67(50)51-22-17-21-43-42-20-15-16-23-54(42)68-58(43)51/h12-27,32-37H,28-31H2,1-11H3. The lowest BCUT2D eigenvalue weighted by atomic mass is 9.33. The fourth-order valence-electron chi connectivity index (χ4n) is 13.0. The molecule has 7 aromatic carbocycles. The summed E-state index contributed by atoms with van der Waals surface area (Å²) in [7, 11) is 0. The summed E-state index contributed by atoms with van der Waals surface area (Å²) in [6.07, 6.45) is 4.59. The van der Waals surface area contributed by atoms with Crippen molar-refractivity contribution in [2.24, 2.45) is 0 Å². The molecule has 0 saturated carbocycles. The normalized spacial score (nSPS) is 18.2. The van der Waals surface area contributed by atoms with Gasteiger partial charge in [-0.15, -0.1) is 0 Å². The first kappa shape index (κ1) is 42.6. The molecule has 2 aliphatic heterocycles. The van der Waals surface area contributed by atoms with Gasteiger partial charge in [0.2, 0.25) is 5.88 Å². The van der Waals surface area contributed by atoms with E-state index in [-0.39, 0.29) is 33.8 Å². The van der Waals surface area contributed by atoms with Crippen LogP contribution in [-0.2, 0) is 27.1 Å². The number of anilines is 6. The van der Waals surface area contributed by atoms with Gasteiger partial charge >= 0.3 is 0 Å². The summed E-state index contributed by atoms with van der Waals surface area (Å²) in [5.74, 6) is 0.921. The molecule has 0 fully saturated rings. The first-order valence-electron chi connectivity index (χ1n) is 25.5. The minimum Gasteiger partial charge on any atom is -0.454 e. The smallest absolute Gasteiger partial charge is 0.257 e.